The van der Waals surface area contributed by atoms with E-state index in [1.54, 1.807) is 11.8 Å². The first kappa shape index (κ1) is 17.5. The molecule has 0 bridgehead atoms. The maximum absolute atomic E-state index is 13.1. The molecule has 0 spiro atoms. The molecular formula is C20H22N2O2S. The van der Waals surface area contributed by atoms with Crippen LogP contribution < -0.4 is 10.2 Å². The summed E-state index contributed by atoms with van der Waals surface area (Å²) in [7, 11) is 0. The van der Waals surface area contributed by atoms with Crippen molar-refractivity contribution in [2.75, 3.05) is 16.8 Å². The second-order valence-electron chi connectivity index (χ2n) is 6.48. The largest absolute Gasteiger partial charge is 0.324 e. The molecule has 0 saturated heterocycles. The van der Waals surface area contributed by atoms with Crippen LogP contribution in [0, 0.1) is 13.8 Å². The fraction of sp³-hybridized carbons (Fsp3) is 0.300. The first-order valence-corrected chi connectivity index (χ1v) is 9.16. The number of carbonyl (C=O) groups excluding carboxylic acids is 2. The molecule has 25 heavy (non-hydrogen) atoms. The van der Waals surface area contributed by atoms with E-state index in [1.165, 1.54) is 11.8 Å². The lowest BCUT2D eigenvalue weighted by molar-refractivity contribution is -0.128. The molecular weight excluding hydrogens is 332 g/mol. The summed E-state index contributed by atoms with van der Waals surface area (Å²) >= 11 is 1.32. The van der Waals surface area contributed by atoms with Gasteiger partial charge >= 0.3 is 0 Å². The van der Waals surface area contributed by atoms with Crippen molar-refractivity contribution in [3.8, 4) is 0 Å². The number of aryl methyl sites for hydroxylation is 2. The number of amides is 2. The molecule has 2 aromatic rings. The van der Waals surface area contributed by atoms with Crippen molar-refractivity contribution in [3.05, 3.63) is 53.6 Å². The number of nitrogens with one attached hydrogen (secondary N) is 1. The van der Waals surface area contributed by atoms with Crippen molar-refractivity contribution < 1.29 is 9.59 Å². The molecule has 0 radical (unpaired) electrons. The number of thioether (sulfide) groups is 1. The summed E-state index contributed by atoms with van der Waals surface area (Å²) in [6.07, 6.45) is 0. The fourth-order valence-corrected chi connectivity index (χ4v) is 4.36. The van der Waals surface area contributed by atoms with Gasteiger partial charge in [0, 0.05) is 17.1 Å². The van der Waals surface area contributed by atoms with Crippen LogP contribution in [0.3, 0.4) is 0 Å². The standard InChI is InChI=1S/C20H22N2O2S/c1-5-22-16-8-6-7-9-17(16)25-20(4,19(22)24)18(23)21-15-11-13(2)10-14(3)12-15/h6-12H,5H2,1-4H3,(H,21,23). The molecule has 1 aliphatic rings. The Morgan fingerprint density at radius 1 is 1.16 bits per heavy atom. The highest BCUT2D eigenvalue weighted by molar-refractivity contribution is 8.02. The molecule has 1 N–H and O–H groups in total. The van der Waals surface area contributed by atoms with Crippen molar-refractivity contribution in [3.63, 3.8) is 0 Å². The predicted molar refractivity (Wildman–Crippen MR) is 103 cm³/mol. The van der Waals surface area contributed by atoms with E-state index in [0.717, 1.165) is 27.4 Å². The second kappa shape index (κ2) is 6.56. The Morgan fingerprint density at radius 3 is 2.44 bits per heavy atom. The smallest absolute Gasteiger partial charge is 0.252 e. The molecule has 1 atom stereocenters. The number of para-hydroxylation sites is 1. The highest BCUT2D eigenvalue weighted by Gasteiger charge is 2.48. The third-order valence-electron chi connectivity index (χ3n) is 4.35. The minimum Gasteiger partial charge on any atom is -0.324 e. The van der Waals surface area contributed by atoms with Gasteiger partial charge in [-0.25, -0.2) is 0 Å². The Balaban J connectivity index is 1.95. The molecule has 5 heteroatoms. The van der Waals surface area contributed by atoms with E-state index in [-0.39, 0.29) is 11.8 Å². The van der Waals surface area contributed by atoms with Crippen LogP contribution in [0.2, 0.25) is 0 Å². The molecule has 2 aromatic carbocycles. The minimum atomic E-state index is -1.19. The number of nitrogens with zero attached hydrogens (tertiary/aromatic N) is 1. The Labute approximate surface area is 152 Å². The van der Waals surface area contributed by atoms with Crippen molar-refractivity contribution in [2.24, 2.45) is 0 Å². The van der Waals surface area contributed by atoms with Gasteiger partial charge in [0.25, 0.3) is 5.91 Å². The lowest BCUT2D eigenvalue weighted by atomic mass is 10.1. The molecule has 0 aromatic heterocycles. The lowest BCUT2D eigenvalue weighted by Crippen LogP contribution is -2.54. The number of hydrogen-bond acceptors (Lipinski definition) is 3. The van der Waals surface area contributed by atoms with Gasteiger partial charge in [-0.3, -0.25) is 9.59 Å². The Hall–Kier alpha value is -2.27. The number of carbonyl (C=O) groups is 2. The first-order valence-electron chi connectivity index (χ1n) is 8.35. The van der Waals surface area contributed by atoms with Crippen LogP contribution >= 0.6 is 11.8 Å². The quantitative estimate of drug-likeness (QED) is 0.842. The van der Waals surface area contributed by atoms with Gasteiger partial charge in [0.05, 0.1) is 5.69 Å². The summed E-state index contributed by atoms with van der Waals surface area (Å²) in [5.74, 6) is -0.471. The number of anilines is 2. The lowest BCUT2D eigenvalue weighted by Gasteiger charge is -2.38. The van der Waals surface area contributed by atoms with Gasteiger partial charge in [0.15, 0.2) is 4.75 Å². The monoisotopic (exact) mass is 354 g/mol. The van der Waals surface area contributed by atoms with Crippen molar-refractivity contribution in [1.82, 2.24) is 0 Å². The van der Waals surface area contributed by atoms with E-state index in [1.807, 2.05) is 63.2 Å². The van der Waals surface area contributed by atoms with Gasteiger partial charge in [-0.15, -0.1) is 0 Å². The molecule has 130 valence electrons. The second-order valence-corrected chi connectivity index (χ2v) is 7.94. The molecule has 1 heterocycles. The van der Waals surface area contributed by atoms with Gasteiger partial charge in [0.2, 0.25) is 5.91 Å². The van der Waals surface area contributed by atoms with Gasteiger partial charge in [-0.2, -0.15) is 0 Å². The predicted octanol–water partition coefficient (Wildman–Crippen LogP) is 4.16. The third-order valence-corrected chi connectivity index (χ3v) is 5.69. The van der Waals surface area contributed by atoms with Crippen molar-refractivity contribution in [2.45, 2.75) is 37.3 Å². The number of hydrogen-bond donors (Lipinski definition) is 1. The zero-order valence-electron chi connectivity index (χ0n) is 14.9. The summed E-state index contributed by atoms with van der Waals surface area (Å²) in [6.45, 7) is 8.13. The average Bonchev–Trinajstić information content (AvgIpc) is 2.55. The molecule has 1 unspecified atom stereocenters. The fourth-order valence-electron chi connectivity index (χ4n) is 3.15. The minimum absolute atomic E-state index is 0.180. The molecule has 3 rings (SSSR count). The first-order chi connectivity index (χ1) is 11.8. The maximum atomic E-state index is 13.1. The van der Waals surface area contributed by atoms with Crippen molar-refractivity contribution >= 4 is 35.0 Å². The molecule has 0 saturated carbocycles. The van der Waals surface area contributed by atoms with Gasteiger partial charge in [-0.05, 0) is 63.1 Å². The molecule has 2 amide bonds. The van der Waals surface area contributed by atoms with E-state index in [0.29, 0.717) is 6.54 Å². The Morgan fingerprint density at radius 2 is 1.80 bits per heavy atom. The topological polar surface area (TPSA) is 49.4 Å². The normalized spacial score (nSPS) is 19.5. The van der Waals surface area contributed by atoms with Crippen LogP contribution in [0.25, 0.3) is 0 Å². The molecule has 4 nitrogen and oxygen atoms in total. The van der Waals surface area contributed by atoms with Crippen molar-refractivity contribution in [1.29, 1.82) is 0 Å². The van der Waals surface area contributed by atoms with Gasteiger partial charge in [-0.1, -0.05) is 30.0 Å². The SMILES string of the molecule is CCN1C(=O)C(C)(C(=O)Nc2cc(C)cc(C)c2)Sc2ccccc21. The summed E-state index contributed by atoms with van der Waals surface area (Å²) in [5, 5.41) is 2.93. The number of benzene rings is 2. The van der Waals surface area contributed by atoms with Crippen LogP contribution in [0.15, 0.2) is 47.4 Å². The number of fused-ring (bicyclic) bond motifs is 1. The highest BCUT2D eigenvalue weighted by atomic mass is 32.2. The molecule has 0 fully saturated rings. The Bertz CT molecular complexity index is 829. The van der Waals surface area contributed by atoms with E-state index in [4.69, 9.17) is 0 Å². The highest BCUT2D eigenvalue weighted by Crippen LogP contribution is 2.45. The zero-order chi connectivity index (χ0) is 18.2. The summed E-state index contributed by atoms with van der Waals surface area (Å²) in [6, 6.07) is 13.6. The zero-order valence-corrected chi connectivity index (χ0v) is 15.7. The summed E-state index contributed by atoms with van der Waals surface area (Å²) in [4.78, 5) is 28.7. The van der Waals surface area contributed by atoms with E-state index in [9.17, 15) is 9.59 Å². The maximum Gasteiger partial charge on any atom is 0.252 e. The molecule has 1 aliphatic heterocycles. The molecule has 0 aliphatic carbocycles. The van der Waals surface area contributed by atoms with Gasteiger partial charge < -0.3 is 10.2 Å². The number of rotatable bonds is 3. The van der Waals surface area contributed by atoms with Crippen LogP contribution in [-0.2, 0) is 9.59 Å². The average molecular weight is 354 g/mol. The van der Waals surface area contributed by atoms with E-state index in [2.05, 4.69) is 5.32 Å². The van der Waals surface area contributed by atoms with Crippen LogP contribution in [0.4, 0.5) is 11.4 Å². The summed E-state index contributed by atoms with van der Waals surface area (Å²) < 4.78 is -1.19. The Kier molecular flexibility index (Phi) is 4.60. The van der Waals surface area contributed by atoms with E-state index < -0.39 is 4.75 Å². The van der Waals surface area contributed by atoms with E-state index >= 15 is 0 Å². The summed E-state index contributed by atoms with van der Waals surface area (Å²) in [5.41, 5.74) is 3.74. The van der Waals surface area contributed by atoms with Crippen LogP contribution in [0.5, 0.6) is 0 Å². The van der Waals surface area contributed by atoms with Crippen LogP contribution in [0.1, 0.15) is 25.0 Å². The van der Waals surface area contributed by atoms with Crippen LogP contribution in [-0.4, -0.2) is 23.1 Å². The third kappa shape index (κ3) is 3.16. The van der Waals surface area contributed by atoms with Gasteiger partial charge in [0.1, 0.15) is 0 Å².